The van der Waals surface area contributed by atoms with Gasteiger partial charge in [0.15, 0.2) is 11.6 Å². The number of pyridine rings is 1. The maximum absolute atomic E-state index is 13.2. The lowest BCUT2D eigenvalue weighted by atomic mass is 9.92. The fraction of sp³-hybridized carbons (Fsp3) is 0.375. The normalized spacial score (nSPS) is 16.9. The minimum absolute atomic E-state index is 0.413. The molecule has 2 aliphatic rings. The zero-order valence-corrected chi connectivity index (χ0v) is 19.6. The summed E-state index contributed by atoms with van der Waals surface area (Å²) in [5, 5.41) is 11.7. The molecule has 1 N–H and O–H groups in total. The van der Waals surface area contributed by atoms with Crippen LogP contribution in [0, 0.1) is 6.92 Å². The first-order valence-corrected chi connectivity index (χ1v) is 12.8. The minimum Gasteiger partial charge on any atom is -0.352 e. The summed E-state index contributed by atoms with van der Waals surface area (Å²) in [7, 11) is -3.49. The Bertz CT molecular complexity index is 1240. The van der Waals surface area contributed by atoms with E-state index in [9.17, 15) is 8.42 Å². The van der Waals surface area contributed by atoms with Crippen LogP contribution >= 0.6 is 0 Å². The van der Waals surface area contributed by atoms with Crippen molar-refractivity contribution in [3.05, 3.63) is 65.4 Å². The predicted octanol–water partition coefficient (Wildman–Crippen LogP) is 3.31. The summed E-state index contributed by atoms with van der Waals surface area (Å²) in [6.07, 6.45) is 6.08. The molecule has 2 aromatic heterocycles. The number of aryl methyl sites for hydroxylation is 3. The lowest BCUT2D eigenvalue weighted by Gasteiger charge is -2.34. The van der Waals surface area contributed by atoms with Gasteiger partial charge in [0.05, 0.1) is 4.90 Å². The van der Waals surface area contributed by atoms with Gasteiger partial charge in [0, 0.05) is 32.4 Å². The molecular formula is C24H28N6O2S. The Morgan fingerprint density at radius 1 is 0.848 bits per heavy atom. The van der Waals surface area contributed by atoms with E-state index in [1.807, 2.05) is 43.3 Å². The Labute approximate surface area is 194 Å². The first kappa shape index (κ1) is 21.8. The molecule has 0 atom stereocenters. The number of rotatable bonds is 5. The number of nitrogens with one attached hydrogen (secondary N) is 1. The zero-order chi connectivity index (χ0) is 22.8. The Morgan fingerprint density at radius 2 is 1.64 bits per heavy atom. The van der Waals surface area contributed by atoms with Gasteiger partial charge < -0.3 is 10.2 Å². The molecule has 0 unspecified atom stereocenters. The Morgan fingerprint density at radius 3 is 2.36 bits per heavy atom. The van der Waals surface area contributed by atoms with Crippen molar-refractivity contribution < 1.29 is 8.42 Å². The lowest BCUT2D eigenvalue weighted by molar-refractivity contribution is 0.383. The van der Waals surface area contributed by atoms with E-state index in [1.165, 1.54) is 17.5 Å². The van der Waals surface area contributed by atoms with Crippen molar-refractivity contribution in [2.75, 3.05) is 36.4 Å². The molecule has 0 saturated carbocycles. The van der Waals surface area contributed by atoms with E-state index < -0.39 is 10.0 Å². The zero-order valence-electron chi connectivity index (χ0n) is 18.7. The number of piperazine rings is 1. The van der Waals surface area contributed by atoms with Crippen LogP contribution in [-0.4, -0.2) is 54.1 Å². The molecule has 0 amide bonds. The summed E-state index contributed by atoms with van der Waals surface area (Å²) < 4.78 is 28.0. The van der Waals surface area contributed by atoms with Crippen LogP contribution in [0.1, 0.15) is 29.5 Å². The molecule has 0 radical (unpaired) electrons. The van der Waals surface area contributed by atoms with Gasteiger partial charge >= 0.3 is 0 Å². The van der Waals surface area contributed by atoms with Gasteiger partial charge in [-0.15, -0.1) is 10.2 Å². The molecule has 0 bridgehead atoms. The van der Waals surface area contributed by atoms with Crippen molar-refractivity contribution in [1.82, 2.24) is 19.5 Å². The first-order chi connectivity index (χ1) is 16.0. The first-order valence-electron chi connectivity index (χ1n) is 11.4. The number of aromatic nitrogens is 3. The lowest BCUT2D eigenvalue weighted by Crippen LogP contribution is -2.49. The second-order valence-electron chi connectivity index (χ2n) is 8.65. The average Bonchev–Trinajstić information content (AvgIpc) is 2.84. The smallest absolute Gasteiger partial charge is 0.243 e. The average molecular weight is 465 g/mol. The van der Waals surface area contributed by atoms with Crippen LogP contribution in [0.5, 0.6) is 0 Å². The van der Waals surface area contributed by atoms with Crippen LogP contribution in [0.2, 0.25) is 0 Å². The number of sulfonamides is 1. The number of anilines is 3. The van der Waals surface area contributed by atoms with E-state index in [-0.39, 0.29) is 0 Å². The quantitative estimate of drug-likeness (QED) is 0.619. The number of hydrogen-bond acceptors (Lipinski definition) is 7. The molecule has 5 rings (SSSR count). The number of hydrogen-bond donors (Lipinski definition) is 1. The third-order valence-electron chi connectivity index (χ3n) is 6.34. The van der Waals surface area contributed by atoms with Gasteiger partial charge in [0.1, 0.15) is 5.82 Å². The van der Waals surface area contributed by atoms with Gasteiger partial charge in [0.2, 0.25) is 10.0 Å². The second-order valence-corrected chi connectivity index (χ2v) is 10.6. The van der Waals surface area contributed by atoms with Crippen LogP contribution in [0.15, 0.2) is 53.6 Å². The molecule has 1 aliphatic carbocycles. The van der Waals surface area contributed by atoms with Gasteiger partial charge in [-0.3, -0.25) is 0 Å². The number of fused-ring (bicyclic) bond motifs is 1. The summed E-state index contributed by atoms with van der Waals surface area (Å²) in [6.45, 7) is 4.01. The summed E-state index contributed by atoms with van der Waals surface area (Å²) in [5.41, 5.74) is 3.59. The Kier molecular flexibility index (Phi) is 5.99. The van der Waals surface area contributed by atoms with Gasteiger partial charge in [-0.2, -0.15) is 4.31 Å². The summed E-state index contributed by atoms with van der Waals surface area (Å²) >= 11 is 0. The summed E-state index contributed by atoms with van der Waals surface area (Å²) in [6, 6.07) is 13.3. The van der Waals surface area contributed by atoms with E-state index in [2.05, 4.69) is 25.4 Å². The van der Waals surface area contributed by atoms with Crippen LogP contribution in [-0.2, 0) is 22.9 Å². The van der Waals surface area contributed by atoms with Crippen molar-refractivity contribution in [3.8, 4) is 0 Å². The second kappa shape index (κ2) is 9.07. The highest BCUT2D eigenvalue weighted by molar-refractivity contribution is 7.89. The number of benzene rings is 1. The van der Waals surface area contributed by atoms with Crippen LogP contribution in [0.3, 0.4) is 0 Å². The highest BCUT2D eigenvalue weighted by atomic mass is 32.2. The van der Waals surface area contributed by atoms with Gasteiger partial charge in [-0.25, -0.2) is 13.4 Å². The molecule has 172 valence electrons. The maximum atomic E-state index is 13.2. The monoisotopic (exact) mass is 464 g/mol. The third kappa shape index (κ3) is 4.69. The van der Waals surface area contributed by atoms with Crippen LogP contribution in [0.25, 0.3) is 0 Å². The fourth-order valence-electron chi connectivity index (χ4n) is 4.47. The van der Waals surface area contributed by atoms with E-state index in [0.717, 1.165) is 36.5 Å². The minimum atomic E-state index is -3.49. The molecule has 1 aromatic carbocycles. The molecule has 1 fully saturated rings. The van der Waals surface area contributed by atoms with E-state index in [4.69, 9.17) is 0 Å². The molecule has 9 heteroatoms. The summed E-state index contributed by atoms with van der Waals surface area (Å²) in [4.78, 5) is 6.76. The SMILES string of the molecule is Cc1ccnc(Nc2ccc(N3CCN(S(=O)(=O)c4ccc5c(c4)CCCC5)CC3)nn2)c1. The largest absolute Gasteiger partial charge is 0.352 e. The van der Waals surface area contributed by atoms with Crippen molar-refractivity contribution in [3.63, 3.8) is 0 Å². The van der Waals surface area contributed by atoms with Gasteiger partial charge in [0.25, 0.3) is 0 Å². The van der Waals surface area contributed by atoms with E-state index in [0.29, 0.717) is 36.9 Å². The molecule has 8 nitrogen and oxygen atoms in total. The maximum Gasteiger partial charge on any atom is 0.243 e. The highest BCUT2D eigenvalue weighted by Crippen LogP contribution is 2.27. The van der Waals surface area contributed by atoms with Crippen LogP contribution in [0.4, 0.5) is 17.5 Å². The van der Waals surface area contributed by atoms with Crippen molar-refractivity contribution >= 4 is 27.5 Å². The van der Waals surface area contributed by atoms with Crippen molar-refractivity contribution in [2.45, 2.75) is 37.5 Å². The van der Waals surface area contributed by atoms with Crippen molar-refractivity contribution in [2.24, 2.45) is 0 Å². The fourth-order valence-corrected chi connectivity index (χ4v) is 5.95. The Balaban J connectivity index is 1.22. The standard InChI is InChI=1S/C24H28N6O2S/c1-18-10-11-25-23(16-18)26-22-8-9-24(28-27-22)29-12-14-30(15-13-29)33(31,32)21-7-6-19-4-2-3-5-20(19)17-21/h6-11,16-17H,2-5,12-15H2,1H3,(H,25,26,27). The van der Waals surface area contributed by atoms with E-state index in [1.54, 1.807) is 16.6 Å². The molecule has 3 aromatic rings. The van der Waals surface area contributed by atoms with E-state index >= 15 is 0 Å². The van der Waals surface area contributed by atoms with Gasteiger partial charge in [-0.1, -0.05) is 6.07 Å². The summed E-state index contributed by atoms with van der Waals surface area (Å²) in [5.74, 6) is 2.08. The molecule has 1 aliphatic heterocycles. The topological polar surface area (TPSA) is 91.3 Å². The molecule has 3 heterocycles. The predicted molar refractivity (Wildman–Crippen MR) is 128 cm³/mol. The Hall–Kier alpha value is -3.04. The molecule has 0 spiro atoms. The molecule has 33 heavy (non-hydrogen) atoms. The molecular weight excluding hydrogens is 436 g/mol. The van der Waals surface area contributed by atoms with Crippen molar-refractivity contribution in [1.29, 1.82) is 0 Å². The third-order valence-corrected chi connectivity index (χ3v) is 8.24. The van der Waals surface area contributed by atoms with Crippen LogP contribution < -0.4 is 10.2 Å². The number of nitrogens with zero attached hydrogens (tertiary/aromatic N) is 5. The molecule has 1 saturated heterocycles. The highest BCUT2D eigenvalue weighted by Gasteiger charge is 2.29. The van der Waals surface area contributed by atoms with Gasteiger partial charge in [-0.05, 0) is 85.7 Å².